The molecule has 4 nitrogen and oxygen atoms in total. The van der Waals surface area contributed by atoms with E-state index in [1.807, 2.05) is 0 Å². The fraction of sp³-hybridized carbons (Fsp3) is 0.429. The minimum atomic E-state index is -0.0214. The van der Waals surface area contributed by atoms with Crippen LogP contribution in [-0.4, -0.2) is 36.0 Å². The molecule has 0 spiro atoms. The van der Waals surface area contributed by atoms with Crippen molar-refractivity contribution in [1.82, 2.24) is 4.90 Å². The van der Waals surface area contributed by atoms with E-state index >= 15 is 0 Å². The van der Waals surface area contributed by atoms with Gasteiger partial charge in [-0.05, 0) is 30.7 Å². The van der Waals surface area contributed by atoms with Gasteiger partial charge in [0.2, 0.25) is 0 Å². The predicted molar refractivity (Wildman–Crippen MR) is 80.4 cm³/mol. The molecule has 1 aromatic rings. The zero-order valence-electron chi connectivity index (χ0n) is 11.4. The van der Waals surface area contributed by atoms with Crippen LogP contribution in [0.15, 0.2) is 24.3 Å². The molecule has 0 radical (unpaired) electrons. The Bertz CT molecular complexity index is 432. The molecular formula is C14H20N2O2S. The number of carbonyl (C=O) groups is 1. The van der Waals surface area contributed by atoms with Crippen LogP contribution in [0.4, 0.5) is 0 Å². The fourth-order valence-electron chi connectivity index (χ4n) is 1.49. The number of nitrogens with zero attached hydrogens (tertiary/aromatic N) is 1. The van der Waals surface area contributed by atoms with Crippen LogP contribution >= 0.6 is 12.2 Å². The van der Waals surface area contributed by atoms with E-state index < -0.39 is 0 Å². The summed E-state index contributed by atoms with van der Waals surface area (Å²) >= 11 is 4.86. The number of likely N-dealkylation sites (N-methyl/N-ethyl adjacent to an activating group) is 1. The summed E-state index contributed by atoms with van der Waals surface area (Å²) in [6.07, 6.45) is 2.07. The zero-order chi connectivity index (χ0) is 14.3. The first-order valence-electron chi connectivity index (χ1n) is 6.31. The van der Waals surface area contributed by atoms with Crippen molar-refractivity contribution in [3.8, 4) is 5.75 Å². The summed E-state index contributed by atoms with van der Waals surface area (Å²) in [6.45, 7) is 2.91. The highest BCUT2D eigenvalue weighted by atomic mass is 32.1. The Labute approximate surface area is 119 Å². The van der Waals surface area contributed by atoms with Crippen LogP contribution in [0.5, 0.6) is 5.75 Å². The van der Waals surface area contributed by atoms with E-state index in [1.165, 1.54) is 0 Å². The molecule has 104 valence electrons. The number of amides is 1. The van der Waals surface area contributed by atoms with E-state index in [1.54, 1.807) is 36.2 Å². The number of benzene rings is 1. The molecule has 0 bridgehead atoms. The third-order valence-corrected chi connectivity index (χ3v) is 3.01. The van der Waals surface area contributed by atoms with Crippen molar-refractivity contribution in [2.45, 2.75) is 19.8 Å². The third kappa shape index (κ3) is 5.26. The maximum absolute atomic E-state index is 11.8. The average Bonchev–Trinajstić information content (AvgIpc) is 2.42. The fourth-order valence-corrected chi connectivity index (χ4v) is 1.63. The zero-order valence-corrected chi connectivity index (χ0v) is 12.2. The van der Waals surface area contributed by atoms with Crippen molar-refractivity contribution in [3.05, 3.63) is 29.8 Å². The topological polar surface area (TPSA) is 55.6 Å². The van der Waals surface area contributed by atoms with Crippen LogP contribution < -0.4 is 10.5 Å². The van der Waals surface area contributed by atoms with Crippen molar-refractivity contribution in [1.29, 1.82) is 0 Å². The first kappa shape index (κ1) is 15.4. The van der Waals surface area contributed by atoms with Gasteiger partial charge in [-0.2, -0.15) is 0 Å². The molecule has 0 aliphatic rings. The van der Waals surface area contributed by atoms with Gasteiger partial charge in [-0.3, -0.25) is 4.79 Å². The van der Waals surface area contributed by atoms with Gasteiger partial charge >= 0.3 is 0 Å². The number of thiocarbonyl (C=S) groups is 1. The highest BCUT2D eigenvalue weighted by molar-refractivity contribution is 7.80. The Hall–Kier alpha value is -1.62. The number of ether oxygens (including phenoxy) is 1. The lowest BCUT2D eigenvalue weighted by Crippen LogP contribution is -2.32. The summed E-state index contributed by atoms with van der Waals surface area (Å²) in [5.74, 6) is 0.615. The van der Waals surface area contributed by atoms with Crippen LogP contribution in [0.2, 0.25) is 0 Å². The second-order valence-electron chi connectivity index (χ2n) is 4.35. The van der Waals surface area contributed by atoms with Crippen molar-refractivity contribution >= 4 is 23.1 Å². The lowest BCUT2D eigenvalue weighted by Gasteiger charge is -2.17. The first-order chi connectivity index (χ1) is 9.04. The minimum Gasteiger partial charge on any atom is -0.484 e. The standard InChI is InChI=1S/C14H20N2O2S/c1-3-4-9-16(2)13(17)10-18-12-7-5-11(6-8-12)14(15)19/h5-8H,3-4,9-10H2,1-2H3,(H2,15,19). The van der Waals surface area contributed by atoms with Gasteiger partial charge in [0.1, 0.15) is 10.7 Å². The second kappa shape index (κ2) is 7.74. The van der Waals surface area contributed by atoms with Crippen LogP contribution in [-0.2, 0) is 4.79 Å². The maximum Gasteiger partial charge on any atom is 0.260 e. The molecule has 1 amide bonds. The molecule has 0 atom stereocenters. The number of unbranched alkanes of at least 4 members (excludes halogenated alkanes) is 1. The number of hydrogen-bond acceptors (Lipinski definition) is 3. The second-order valence-corrected chi connectivity index (χ2v) is 4.79. The van der Waals surface area contributed by atoms with Crippen molar-refractivity contribution in [3.63, 3.8) is 0 Å². The molecule has 5 heteroatoms. The number of hydrogen-bond donors (Lipinski definition) is 1. The molecule has 0 saturated carbocycles. The van der Waals surface area contributed by atoms with Gasteiger partial charge in [0, 0.05) is 19.2 Å². The molecule has 0 fully saturated rings. The third-order valence-electron chi connectivity index (χ3n) is 2.77. The largest absolute Gasteiger partial charge is 0.484 e. The van der Waals surface area contributed by atoms with Crippen molar-refractivity contribution in [2.24, 2.45) is 5.73 Å². The van der Waals surface area contributed by atoms with Gasteiger partial charge in [0.25, 0.3) is 5.91 Å². The van der Waals surface area contributed by atoms with E-state index in [0.717, 1.165) is 24.9 Å². The number of rotatable bonds is 7. The Morgan fingerprint density at radius 2 is 2.00 bits per heavy atom. The van der Waals surface area contributed by atoms with E-state index in [9.17, 15) is 4.79 Å². The minimum absolute atomic E-state index is 0.0214. The average molecular weight is 280 g/mol. The number of nitrogens with two attached hydrogens (primary N) is 1. The summed E-state index contributed by atoms with van der Waals surface area (Å²) in [5.41, 5.74) is 6.29. The molecule has 1 rings (SSSR count). The van der Waals surface area contributed by atoms with Gasteiger partial charge in [-0.1, -0.05) is 25.6 Å². The van der Waals surface area contributed by atoms with Crippen molar-refractivity contribution < 1.29 is 9.53 Å². The van der Waals surface area contributed by atoms with Gasteiger partial charge in [-0.25, -0.2) is 0 Å². The molecule has 0 heterocycles. The van der Waals surface area contributed by atoms with E-state index in [0.29, 0.717) is 10.7 Å². The van der Waals surface area contributed by atoms with Gasteiger partial charge in [-0.15, -0.1) is 0 Å². The van der Waals surface area contributed by atoms with E-state index in [2.05, 4.69) is 6.92 Å². The summed E-state index contributed by atoms with van der Waals surface area (Å²) in [7, 11) is 1.79. The first-order valence-corrected chi connectivity index (χ1v) is 6.72. The van der Waals surface area contributed by atoms with Crippen LogP contribution in [0, 0.1) is 0 Å². The van der Waals surface area contributed by atoms with Gasteiger partial charge < -0.3 is 15.4 Å². The van der Waals surface area contributed by atoms with Crippen molar-refractivity contribution in [2.75, 3.05) is 20.2 Å². The number of carbonyl (C=O) groups excluding carboxylic acids is 1. The molecule has 2 N–H and O–H groups in total. The molecule has 1 aromatic carbocycles. The Balaban J connectivity index is 2.43. The normalized spacial score (nSPS) is 10.0. The summed E-state index contributed by atoms with van der Waals surface area (Å²) in [6, 6.07) is 7.08. The highest BCUT2D eigenvalue weighted by Crippen LogP contribution is 2.12. The highest BCUT2D eigenvalue weighted by Gasteiger charge is 2.08. The Kier molecular flexibility index (Phi) is 6.29. The molecule has 0 aliphatic carbocycles. The smallest absolute Gasteiger partial charge is 0.260 e. The molecule has 0 unspecified atom stereocenters. The molecular weight excluding hydrogens is 260 g/mol. The summed E-state index contributed by atoms with van der Waals surface area (Å²) in [4.78, 5) is 13.8. The van der Waals surface area contributed by atoms with E-state index in [-0.39, 0.29) is 12.5 Å². The molecule has 19 heavy (non-hydrogen) atoms. The van der Waals surface area contributed by atoms with Gasteiger partial charge in [0.15, 0.2) is 6.61 Å². The maximum atomic E-state index is 11.8. The van der Waals surface area contributed by atoms with Crippen LogP contribution in [0.25, 0.3) is 0 Å². The summed E-state index contributed by atoms with van der Waals surface area (Å²) in [5, 5.41) is 0. The molecule has 0 aromatic heterocycles. The SMILES string of the molecule is CCCCN(C)C(=O)COc1ccc(C(N)=S)cc1. The lowest BCUT2D eigenvalue weighted by molar-refractivity contribution is -0.132. The Morgan fingerprint density at radius 1 is 1.37 bits per heavy atom. The van der Waals surface area contributed by atoms with Crippen LogP contribution in [0.1, 0.15) is 25.3 Å². The summed E-state index contributed by atoms with van der Waals surface area (Å²) < 4.78 is 5.43. The molecule has 0 saturated heterocycles. The van der Waals surface area contributed by atoms with Gasteiger partial charge in [0.05, 0.1) is 0 Å². The Morgan fingerprint density at radius 3 is 2.53 bits per heavy atom. The predicted octanol–water partition coefficient (Wildman–Crippen LogP) is 1.96. The lowest BCUT2D eigenvalue weighted by atomic mass is 10.2. The van der Waals surface area contributed by atoms with E-state index in [4.69, 9.17) is 22.7 Å². The molecule has 0 aliphatic heterocycles. The monoisotopic (exact) mass is 280 g/mol. The quantitative estimate of drug-likeness (QED) is 0.776. The van der Waals surface area contributed by atoms with Crippen LogP contribution in [0.3, 0.4) is 0 Å².